The number of halogens is 1. The van der Waals surface area contributed by atoms with Crippen LogP contribution < -0.4 is 10.1 Å². The lowest BCUT2D eigenvalue weighted by Crippen LogP contribution is -1.98. The van der Waals surface area contributed by atoms with Crippen LogP contribution in [-0.4, -0.2) is 26.6 Å². The van der Waals surface area contributed by atoms with E-state index in [0.717, 1.165) is 39.5 Å². The minimum Gasteiger partial charge on any atom is -0.497 e. The molecule has 0 bridgehead atoms. The molecule has 3 heterocycles. The molecule has 0 fully saturated rings. The fraction of sp³-hybridized carbons (Fsp3) is 0.125. The van der Waals surface area contributed by atoms with Gasteiger partial charge in [-0.3, -0.25) is 0 Å². The van der Waals surface area contributed by atoms with E-state index in [1.165, 1.54) is 0 Å². The second-order valence-electron chi connectivity index (χ2n) is 5.21. The first-order valence-corrected chi connectivity index (χ1v) is 7.44. The van der Waals surface area contributed by atoms with Gasteiger partial charge in [0.25, 0.3) is 0 Å². The average Bonchev–Trinajstić information content (AvgIpc) is 3.09. The Kier molecular flexibility index (Phi) is 3.12. The topological polar surface area (TPSA) is 67.8 Å². The number of benzene rings is 1. The van der Waals surface area contributed by atoms with Gasteiger partial charge in [-0.25, -0.2) is 9.97 Å². The third-order valence-corrected chi connectivity index (χ3v) is 4.03. The zero-order chi connectivity index (χ0) is 16.0. The van der Waals surface area contributed by atoms with Gasteiger partial charge < -0.3 is 19.6 Å². The summed E-state index contributed by atoms with van der Waals surface area (Å²) in [6, 6.07) is 9.46. The van der Waals surface area contributed by atoms with Crippen LogP contribution in [0.4, 0.5) is 11.6 Å². The maximum Gasteiger partial charge on any atom is 0.208 e. The molecule has 0 amide bonds. The van der Waals surface area contributed by atoms with Crippen LogP contribution in [0.5, 0.6) is 5.75 Å². The van der Waals surface area contributed by atoms with Crippen molar-refractivity contribution >= 4 is 45.3 Å². The lowest BCUT2D eigenvalue weighted by atomic mass is 10.3. The molecule has 0 aliphatic heterocycles. The van der Waals surface area contributed by atoms with Gasteiger partial charge in [0.15, 0.2) is 0 Å². The molecule has 23 heavy (non-hydrogen) atoms. The highest BCUT2D eigenvalue weighted by molar-refractivity contribution is 6.29. The Bertz CT molecular complexity index is 1020. The zero-order valence-corrected chi connectivity index (χ0v) is 13.3. The summed E-state index contributed by atoms with van der Waals surface area (Å²) in [4.78, 5) is 12.1. The highest BCUT2D eigenvalue weighted by Crippen LogP contribution is 2.28. The van der Waals surface area contributed by atoms with E-state index in [4.69, 9.17) is 16.3 Å². The van der Waals surface area contributed by atoms with E-state index in [1.807, 2.05) is 42.1 Å². The molecule has 0 radical (unpaired) electrons. The molecular formula is C16H14ClN5O. The normalized spacial score (nSPS) is 11.3. The summed E-state index contributed by atoms with van der Waals surface area (Å²) in [5.41, 5.74) is 4.40. The van der Waals surface area contributed by atoms with Gasteiger partial charge in [0.05, 0.1) is 29.3 Å². The Morgan fingerprint density at radius 3 is 2.91 bits per heavy atom. The Morgan fingerprint density at radius 1 is 1.22 bits per heavy atom. The Hall–Kier alpha value is -2.73. The third kappa shape index (κ3) is 2.27. The maximum absolute atomic E-state index is 5.99. The van der Waals surface area contributed by atoms with Gasteiger partial charge in [-0.1, -0.05) is 11.6 Å². The number of imidazole rings is 1. The molecule has 4 rings (SSSR count). The Balaban J connectivity index is 1.79. The van der Waals surface area contributed by atoms with Gasteiger partial charge in [0.2, 0.25) is 5.95 Å². The molecule has 116 valence electrons. The number of aromatic nitrogens is 4. The van der Waals surface area contributed by atoms with Crippen molar-refractivity contribution in [2.75, 3.05) is 12.4 Å². The predicted octanol–water partition coefficient (Wildman–Crippen LogP) is 3.86. The number of rotatable bonds is 3. The molecule has 6 nitrogen and oxygen atoms in total. The number of methoxy groups -OCH3 is 1. The molecule has 4 aromatic rings. The molecule has 0 saturated carbocycles. The van der Waals surface area contributed by atoms with Crippen molar-refractivity contribution in [3.63, 3.8) is 0 Å². The van der Waals surface area contributed by atoms with Gasteiger partial charge in [0, 0.05) is 19.3 Å². The second kappa shape index (κ2) is 5.17. The van der Waals surface area contributed by atoms with Crippen molar-refractivity contribution in [1.29, 1.82) is 0 Å². The van der Waals surface area contributed by atoms with Crippen LogP contribution in [0.1, 0.15) is 0 Å². The fourth-order valence-corrected chi connectivity index (χ4v) is 2.76. The number of hydrogen-bond acceptors (Lipinski definition) is 4. The molecule has 7 heteroatoms. The quantitative estimate of drug-likeness (QED) is 0.561. The first kappa shape index (κ1) is 13.9. The second-order valence-corrected chi connectivity index (χ2v) is 5.59. The van der Waals surface area contributed by atoms with Gasteiger partial charge in [-0.05, 0) is 24.3 Å². The van der Waals surface area contributed by atoms with E-state index in [9.17, 15) is 0 Å². The molecule has 0 spiro atoms. The number of nitrogens with one attached hydrogen (secondary N) is 2. The molecule has 0 unspecified atom stereocenters. The van der Waals surface area contributed by atoms with Crippen molar-refractivity contribution < 1.29 is 4.74 Å². The molecule has 3 aromatic heterocycles. The predicted molar refractivity (Wildman–Crippen MR) is 91.7 cm³/mol. The lowest BCUT2D eigenvalue weighted by Gasteiger charge is -2.04. The molecular weight excluding hydrogens is 314 g/mol. The van der Waals surface area contributed by atoms with Crippen LogP contribution in [0.25, 0.3) is 22.1 Å². The molecule has 0 atom stereocenters. The van der Waals surface area contributed by atoms with E-state index in [1.54, 1.807) is 13.2 Å². The van der Waals surface area contributed by atoms with Gasteiger partial charge in [-0.15, -0.1) is 0 Å². The van der Waals surface area contributed by atoms with E-state index >= 15 is 0 Å². The summed E-state index contributed by atoms with van der Waals surface area (Å²) in [5, 5.41) is 3.76. The Labute approximate surface area is 137 Å². The fourth-order valence-electron chi connectivity index (χ4n) is 2.61. The van der Waals surface area contributed by atoms with Crippen LogP contribution in [0.15, 0.2) is 36.5 Å². The monoisotopic (exact) mass is 327 g/mol. The summed E-state index contributed by atoms with van der Waals surface area (Å²) in [7, 11) is 3.60. The van der Waals surface area contributed by atoms with E-state index in [-0.39, 0.29) is 0 Å². The number of ether oxygens (including phenoxy) is 1. The van der Waals surface area contributed by atoms with Crippen LogP contribution in [0.3, 0.4) is 0 Å². The summed E-state index contributed by atoms with van der Waals surface area (Å²) in [5.74, 6) is 1.50. The average molecular weight is 328 g/mol. The molecule has 1 aromatic carbocycles. The lowest BCUT2D eigenvalue weighted by molar-refractivity contribution is 0.415. The Morgan fingerprint density at radius 2 is 2.09 bits per heavy atom. The summed E-state index contributed by atoms with van der Waals surface area (Å²) in [6.45, 7) is 0. The third-order valence-electron chi connectivity index (χ3n) is 3.82. The van der Waals surface area contributed by atoms with Crippen molar-refractivity contribution in [2.45, 2.75) is 0 Å². The highest BCUT2D eigenvalue weighted by atomic mass is 35.5. The smallest absolute Gasteiger partial charge is 0.208 e. The minimum atomic E-state index is 0.454. The minimum absolute atomic E-state index is 0.454. The van der Waals surface area contributed by atoms with Crippen molar-refractivity contribution in [2.24, 2.45) is 7.05 Å². The van der Waals surface area contributed by atoms with Crippen LogP contribution in [-0.2, 0) is 7.05 Å². The molecule has 0 saturated heterocycles. The first-order chi connectivity index (χ1) is 11.2. The van der Waals surface area contributed by atoms with Gasteiger partial charge in [0.1, 0.15) is 16.4 Å². The molecule has 2 N–H and O–H groups in total. The zero-order valence-electron chi connectivity index (χ0n) is 12.6. The molecule has 0 aliphatic carbocycles. The van der Waals surface area contributed by atoms with E-state index in [2.05, 4.69) is 20.3 Å². The van der Waals surface area contributed by atoms with E-state index in [0.29, 0.717) is 5.15 Å². The number of nitrogens with zero attached hydrogens (tertiary/aromatic N) is 3. The molecule has 0 aliphatic rings. The van der Waals surface area contributed by atoms with Gasteiger partial charge >= 0.3 is 0 Å². The number of pyridine rings is 1. The number of anilines is 2. The van der Waals surface area contributed by atoms with Crippen LogP contribution >= 0.6 is 11.6 Å². The number of aromatic amines is 1. The number of aryl methyl sites for hydroxylation is 1. The number of hydrogen-bond donors (Lipinski definition) is 2. The number of fused-ring (bicyclic) bond motifs is 2. The summed E-state index contributed by atoms with van der Waals surface area (Å²) >= 11 is 5.99. The van der Waals surface area contributed by atoms with Crippen molar-refractivity contribution in [3.05, 3.63) is 41.7 Å². The highest BCUT2D eigenvalue weighted by Gasteiger charge is 2.12. The summed E-state index contributed by atoms with van der Waals surface area (Å²) < 4.78 is 7.23. The number of H-pyrrole nitrogens is 1. The maximum atomic E-state index is 5.99. The van der Waals surface area contributed by atoms with Crippen LogP contribution in [0, 0.1) is 0 Å². The van der Waals surface area contributed by atoms with Crippen molar-refractivity contribution in [3.8, 4) is 5.75 Å². The standard InChI is InChI=1S/C16H14ClN5O/c1-22-13-5-3-9(23-2)7-11(13)19-16(22)20-12-8-18-10-4-6-14(17)21-15(10)12/h3-8,18H,1-2H3,(H,19,20). The SMILES string of the molecule is COc1ccc2c(c1)nc(Nc1c[nH]c3ccc(Cl)nc13)n2C. The van der Waals surface area contributed by atoms with Crippen molar-refractivity contribution in [1.82, 2.24) is 19.5 Å². The first-order valence-electron chi connectivity index (χ1n) is 7.07. The van der Waals surface area contributed by atoms with Crippen LogP contribution in [0.2, 0.25) is 5.15 Å². The summed E-state index contributed by atoms with van der Waals surface area (Å²) in [6.07, 6.45) is 1.86. The van der Waals surface area contributed by atoms with E-state index < -0.39 is 0 Å². The largest absolute Gasteiger partial charge is 0.497 e. The van der Waals surface area contributed by atoms with Gasteiger partial charge in [-0.2, -0.15) is 0 Å².